The van der Waals surface area contributed by atoms with Crippen LogP contribution >= 0.6 is 23.2 Å². The average Bonchev–Trinajstić information content (AvgIpc) is 2.48. The maximum Gasteiger partial charge on any atom is 0.274 e. The molecule has 0 saturated carbocycles. The highest BCUT2D eigenvalue weighted by Crippen LogP contribution is 2.23. The van der Waals surface area contributed by atoms with E-state index in [1.54, 1.807) is 7.05 Å². The van der Waals surface area contributed by atoms with Crippen LogP contribution in [0, 0.1) is 0 Å². The summed E-state index contributed by atoms with van der Waals surface area (Å²) >= 11 is 11.8. The number of aromatic nitrogens is 1. The van der Waals surface area contributed by atoms with Crippen molar-refractivity contribution in [3.8, 4) is 0 Å². The highest BCUT2D eigenvalue weighted by Gasteiger charge is 2.33. The average molecular weight is 316 g/mol. The molecule has 0 spiro atoms. The van der Waals surface area contributed by atoms with Gasteiger partial charge in [0.1, 0.15) is 16.9 Å². The third-order valence-corrected chi connectivity index (χ3v) is 3.84. The number of carbonyl (C=O) groups excluding carboxylic acids is 2. The number of piperidine rings is 1. The van der Waals surface area contributed by atoms with Crippen molar-refractivity contribution in [1.29, 1.82) is 0 Å². The largest absolute Gasteiger partial charge is 0.357 e. The van der Waals surface area contributed by atoms with Crippen molar-refractivity contribution in [1.82, 2.24) is 15.2 Å². The van der Waals surface area contributed by atoms with E-state index in [9.17, 15) is 9.59 Å². The molecule has 1 aromatic heterocycles. The number of carbonyl (C=O) groups is 2. The lowest BCUT2D eigenvalue weighted by atomic mass is 10.0. The zero-order valence-corrected chi connectivity index (χ0v) is 12.5. The number of nitrogens with one attached hydrogen (secondary N) is 1. The summed E-state index contributed by atoms with van der Waals surface area (Å²) in [5.41, 5.74) is 0.0926. The van der Waals surface area contributed by atoms with Crippen LogP contribution in [0.1, 0.15) is 29.8 Å². The van der Waals surface area contributed by atoms with Crippen molar-refractivity contribution in [2.24, 2.45) is 0 Å². The first-order valence-electron chi connectivity index (χ1n) is 6.39. The molecular weight excluding hydrogens is 301 g/mol. The Balaban J connectivity index is 2.30. The van der Waals surface area contributed by atoms with Crippen LogP contribution in [0.4, 0.5) is 0 Å². The minimum Gasteiger partial charge on any atom is -0.357 e. The molecule has 0 radical (unpaired) electrons. The summed E-state index contributed by atoms with van der Waals surface area (Å²) in [6, 6.07) is 2.58. The molecule has 1 aromatic rings. The lowest BCUT2D eigenvalue weighted by Gasteiger charge is -2.34. The van der Waals surface area contributed by atoms with E-state index in [0.29, 0.717) is 13.0 Å². The van der Waals surface area contributed by atoms with E-state index in [1.165, 1.54) is 17.0 Å². The fourth-order valence-corrected chi connectivity index (χ4v) is 2.65. The first-order chi connectivity index (χ1) is 9.54. The van der Waals surface area contributed by atoms with Crippen molar-refractivity contribution < 1.29 is 9.59 Å². The minimum atomic E-state index is -0.474. The van der Waals surface area contributed by atoms with Crippen LogP contribution in [0.15, 0.2) is 12.1 Å². The molecule has 2 rings (SSSR count). The van der Waals surface area contributed by atoms with E-state index >= 15 is 0 Å². The van der Waals surface area contributed by atoms with E-state index in [0.717, 1.165) is 12.8 Å². The summed E-state index contributed by atoms with van der Waals surface area (Å²) in [7, 11) is 1.56. The van der Waals surface area contributed by atoms with Gasteiger partial charge in [0, 0.05) is 13.6 Å². The van der Waals surface area contributed by atoms with Gasteiger partial charge in [-0.25, -0.2) is 4.98 Å². The van der Waals surface area contributed by atoms with Gasteiger partial charge in [0.15, 0.2) is 0 Å². The molecule has 2 heterocycles. The fourth-order valence-electron chi connectivity index (χ4n) is 2.32. The number of amides is 2. The fraction of sp³-hybridized carbons (Fsp3) is 0.462. The zero-order valence-electron chi connectivity index (χ0n) is 11.0. The predicted octanol–water partition coefficient (Wildman–Crippen LogP) is 2.13. The topological polar surface area (TPSA) is 62.3 Å². The van der Waals surface area contributed by atoms with Crippen LogP contribution in [-0.2, 0) is 4.79 Å². The molecule has 2 amide bonds. The summed E-state index contributed by atoms with van der Waals surface area (Å²) < 4.78 is 0. The second kappa shape index (κ2) is 6.41. The van der Waals surface area contributed by atoms with Crippen molar-refractivity contribution in [3.05, 3.63) is 28.0 Å². The molecule has 5 nitrogen and oxygen atoms in total. The van der Waals surface area contributed by atoms with Crippen LogP contribution in [0.25, 0.3) is 0 Å². The smallest absolute Gasteiger partial charge is 0.274 e. The van der Waals surface area contributed by atoms with Crippen molar-refractivity contribution in [2.75, 3.05) is 13.6 Å². The molecule has 1 aliphatic rings. The zero-order chi connectivity index (χ0) is 14.7. The summed E-state index contributed by atoms with van der Waals surface area (Å²) in [4.78, 5) is 29.9. The number of hydrogen-bond donors (Lipinski definition) is 1. The third-order valence-electron chi connectivity index (χ3n) is 3.33. The van der Waals surface area contributed by atoms with Crippen LogP contribution < -0.4 is 5.32 Å². The molecule has 1 fully saturated rings. The van der Waals surface area contributed by atoms with Gasteiger partial charge in [-0.3, -0.25) is 9.59 Å². The van der Waals surface area contributed by atoms with Crippen LogP contribution in [0.2, 0.25) is 10.2 Å². The Morgan fingerprint density at radius 2 is 2.10 bits per heavy atom. The second-order valence-electron chi connectivity index (χ2n) is 4.59. The third kappa shape index (κ3) is 3.04. The van der Waals surface area contributed by atoms with Gasteiger partial charge in [-0.2, -0.15) is 0 Å². The molecule has 7 heteroatoms. The summed E-state index contributed by atoms with van der Waals surface area (Å²) in [5, 5.41) is 3.02. The Labute approximate surface area is 127 Å². The number of halogens is 2. The molecule has 1 saturated heterocycles. The van der Waals surface area contributed by atoms with E-state index in [2.05, 4.69) is 10.3 Å². The number of likely N-dealkylation sites (N-methyl/N-ethyl adjacent to an activating group) is 1. The lowest BCUT2D eigenvalue weighted by molar-refractivity contribution is -0.126. The summed E-state index contributed by atoms with van der Waals surface area (Å²) in [6.07, 6.45) is 2.42. The van der Waals surface area contributed by atoms with Crippen molar-refractivity contribution in [2.45, 2.75) is 25.3 Å². The number of hydrogen-bond acceptors (Lipinski definition) is 3. The highest BCUT2D eigenvalue weighted by molar-refractivity contribution is 6.34. The predicted molar refractivity (Wildman–Crippen MR) is 77.0 cm³/mol. The minimum absolute atomic E-state index is 0.0926. The van der Waals surface area contributed by atoms with Gasteiger partial charge in [-0.1, -0.05) is 23.2 Å². The van der Waals surface area contributed by atoms with Gasteiger partial charge >= 0.3 is 0 Å². The van der Waals surface area contributed by atoms with Crippen molar-refractivity contribution in [3.63, 3.8) is 0 Å². The maximum atomic E-state index is 12.5. The Kier molecular flexibility index (Phi) is 4.83. The number of rotatable bonds is 2. The van der Waals surface area contributed by atoms with Crippen molar-refractivity contribution >= 4 is 35.0 Å². The summed E-state index contributed by atoms with van der Waals surface area (Å²) in [5.74, 6) is -0.526. The van der Waals surface area contributed by atoms with Crippen LogP contribution in [0.3, 0.4) is 0 Å². The maximum absolute atomic E-state index is 12.5. The molecule has 1 atom stereocenters. The van der Waals surface area contributed by atoms with Gasteiger partial charge in [0.25, 0.3) is 5.91 Å². The highest BCUT2D eigenvalue weighted by atomic mass is 35.5. The van der Waals surface area contributed by atoms with E-state index in [4.69, 9.17) is 23.2 Å². The second-order valence-corrected chi connectivity index (χ2v) is 5.38. The Bertz CT molecular complexity index is 536. The van der Waals surface area contributed by atoms with Gasteiger partial charge in [0.2, 0.25) is 5.91 Å². The quantitative estimate of drug-likeness (QED) is 0.850. The van der Waals surface area contributed by atoms with Crippen LogP contribution in [-0.4, -0.2) is 41.3 Å². The first kappa shape index (κ1) is 15.1. The molecule has 0 aromatic carbocycles. The van der Waals surface area contributed by atoms with Gasteiger partial charge in [0.05, 0.1) is 5.02 Å². The number of nitrogens with zero attached hydrogens (tertiary/aromatic N) is 2. The van der Waals surface area contributed by atoms with Gasteiger partial charge in [-0.05, 0) is 31.4 Å². The number of pyridine rings is 1. The van der Waals surface area contributed by atoms with Gasteiger partial charge in [-0.15, -0.1) is 0 Å². The molecule has 1 unspecified atom stereocenters. The van der Waals surface area contributed by atoms with Gasteiger partial charge < -0.3 is 10.2 Å². The SMILES string of the molecule is CNC(=O)C1CCCCN1C(=O)c1nc(Cl)ccc1Cl. The molecule has 20 heavy (non-hydrogen) atoms. The Morgan fingerprint density at radius 3 is 2.80 bits per heavy atom. The lowest BCUT2D eigenvalue weighted by Crippen LogP contribution is -2.51. The molecule has 1 aliphatic heterocycles. The monoisotopic (exact) mass is 315 g/mol. The molecule has 0 aliphatic carbocycles. The molecule has 0 bridgehead atoms. The van der Waals surface area contributed by atoms with E-state index in [-0.39, 0.29) is 27.7 Å². The molecular formula is C13H15Cl2N3O2. The summed E-state index contributed by atoms with van der Waals surface area (Å²) in [6.45, 7) is 0.515. The normalized spacial score (nSPS) is 18.8. The van der Waals surface area contributed by atoms with E-state index in [1.807, 2.05) is 0 Å². The Morgan fingerprint density at radius 1 is 1.35 bits per heavy atom. The standard InChI is InChI=1S/C13H15Cl2N3O2/c1-16-12(19)9-4-2-3-7-18(9)13(20)11-8(14)5-6-10(15)17-11/h5-6,9H,2-4,7H2,1H3,(H,16,19). The molecule has 108 valence electrons. The molecule has 1 N–H and O–H groups in total. The Hall–Kier alpha value is -1.33. The first-order valence-corrected chi connectivity index (χ1v) is 7.14. The number of likely N-dealkylation sites (tertiary alicyclic amines) is 1. The van der Waals surface area contributed by atoms with Crippen LogP contribution in [0.5, 0.6) is 0 Å². The van der Waals surface area contributed by atoms with E-state index < -0.39 is 6.04 Å².